The van der Waals surface area contributed by atoms with Gasteiger partial charge in [0.25, 0.3) is 0 Å². The first-order valence-electron chi connectivity index (χ1n) is 13.4. The van der Waals surface area contributed by atoms with E-state index in [9.17, 15) is 34.3 Å². The van der Waals surface area contributed by atoms with Crippen molar-refractivity contribution < 1.29 is 33.9 Å². The molecular formula is C29H36N6O7. The number of likely N-dealkylation sites (N-methyl/N-ethyl adjacent to an activating group) is 1. The average Bonchev–Trinajstić information content (AvgIpc) is 2.82. The summed E-state index contributed by atoms with van der Waals surface area (Å²) in [6.07, 6.45) is -0.695. The molecule has 0 bridgehead atoms. The highest BCUT2D eigenvalue weighted by atomic mass is 16.6. The molecule has 42 heavy (non-hydrogen) atoms. The molecule has 13 heteroatoms. The Bertz CT molecular complexity index is 1540. The minimum atomic E-state index is -2.80. The molecule has 13 nitrogen and oxygen atoms in total. The molecule has 2 unspecified atom stereocenters. The Morgan fingerprint density at radius 2 is 1.79 bits per heavy atom. The Morgan fingerprint density at radius 1 is 1.19 bits per heavy atom. The third kappa shape index (κ3) is 3.78. The minimum absolute atomic E-state index is 0.185. The van der Waals surface area contributed by atoms with E-state index in [0.29, 0.717) is 16.8 Å². The number of aromatic hydroxyl groups is 1. The van der Waals surface area contributed by atoms with Crippen LogP contribution in [0.3, 0.4) is 0 Å². The molecule has 0 radical (unpaired) electrons. The standard InChI is InChI=1S/C29H36N6O7/c1-12(34-42-7)13-8-15(26(2,3)4)19(36)16-14(13)9-27(32)10-29(33)22(35(5)6)21(38)17(25(31)41)23(39)28(29,11-30)24(40)18(27)20(16)37/h8,17-18,22,36H,9-10,32-33H2,1-7H3,(H2,31,41)/t17?,18?,22-,27-,28+,29-/m1/s1. The van der Waals surface area contributed by atoms with Crippen LogP contribution in [0.5, 0.6) is 5.75 Å². The summed E-state index contributed by atoms with van der Waals surface area (Å²) in [5.41, 5.74) is 13.0. The van der Waals surface area contributed by atoms with Crippen LogP contribution in [0.25, 0.3) is 0 Å². The number of nitrogens with two attached hydrogens (primary N) is 3. The molecule has 224 valence electrons. The van der Waals surface area contributed by atoms with Crippen LogP contribution < -0.4 is 17.2 Å². The van der Waals surface area contributed by atoms with Crippen molar-refractivity contribution in [2.45, 2.75) is 63.1 Å². The van der Waals surface area contributed by atoms with Crippen molar-refractivity contribution in [2.24, 2.45) is 39.6 Å². The average molecular weight is 581 g/mol. The van der Waals surface area contributed by atoms with Crippen LogP contribution >= 0.6 is 0 Å². The van der Waals surface area contributed by atoms with Crippen LogP contribution in [0.2, 0.25) is 0 Å². The van der Waals surface area contributed by atoms with Crippen LogP contribution in [0, 0.1) is 28.6 Å². The molecule has 0 aliphatic heterocycles. The number of rotatable bonds is 4. The lowest BCUT2D eigenvalue weighted by atomic mass is 9.42. The number of phenolic OH excluding ortho intramolecular Hbond substituents is 1. The second kappa shape index (κ2) is 9.52. The van der Waals surface area contributed by atoms with E-state index < -0.39 is 75.2 Å². The molecule has 0 spiro atoms. The summed E-state index contributed by atoms with van der Waals surface area (Å²) in [4.78, 5) is 74.9. The predicted molar refractivity (Wildman–Crippen MR) is 149 cm³/mol. The number of nitrogens with zero attached hydrogens (tertiary/aromatic N) is 3. The first-order valence-corrected chi connectivity index (χ1v) is 13.4. The second-order valence-corrected chi connectivity index (χ2v) is 12.9. The van der Waals surface area contributed by atoms with E-state index in [1.54, 1.807) is 19.1 Å². The first kappa shape index (κ1) is 31.0. The van der Waals surface area contributed by atoms with Gasteiger partial charge in [-0.05, 0) is 50.9 Å². The Morgan fingerprint density at radius 3 is 2.26 bits per heavy atom. The minimum Gasteiger partial charge on any atom is -0.507 e. The zero-order valence-electron chi connectivity index (χ0n) is 24.7. The van der Waals surface area contributed by atoms with Gasteiger partial charge in [0.05, 0.1) is 28.9 Å². The molecule has 3 aliphatic rings. The van der Waals surface area contributed by atoms with Gasteiger partial charge in [-0.1, -0.05) is 25.9 Å². The number of primary amides is 1. The largest absolute Gasteiger partial charge is 0.507 e. The molecule has 1 amide bonds. The highest BCUT2D eigenvalue weighted by molar-refractivity contribution is 6.33. The number of hydrogen-bond donors (Lipinski definition) is 4. The maximum absolute atomic E-state index is 14.5. The van der Waals surface area contributed by atoms with Crippen LogP contribution in [0.15, 0.2) is 11.2 Å². The molecule has 0 saturated heterocycles. The molecule has 6 atom stereocenters. The summed E-state index contributed by atoms with van der Waals surface area (Å²) in [6.45, 7) is 7.11. The van der Waals surface area contributed by atoms with Crippen LogP contribution in [0.1, 0.15) is 61.2 Å². The summed E-state index contributed by atoms with van der Waals surface area (Å²) < 4.78 is 0. The SMILES string of the molecule is CON=C(C)c1cc(C(C)(C)C)c(O)c2c1C[C@@]1(N)C[C@@]3(N)[C@H](N(C)C)C(=O)C(C(N)=O)C(=O)[C@@]3(C#N)C(=O)C1C2=O. The predicted octanol–water partition coefficient (Wildman–Crippen LogP) is -0.524. The Hall–Kier alpha value is -3.99. The number of benzene rings is 1. The van der Waals surface area contributed by atoms with Crippen molar-refractivity contribution >= 4 is 34.8 Å². The van der Waals surface area contributed by atoms with E-state index in [-0.39, 0.29) is 23.3 Å². The van der Waals surface area contributed by atoms with Crippen molar-refractivity contribution in [3.05, 3.63) is 28.3 Å². The van der Waals surface area contributed by atoms with Gasteiger partial charge in [0.1, 0.15) is 18.8 Å². The quantitative estimate of drug-likeness (QED) is 0.201. The number of amides is 1. The van der Waals surface area contributed by atoms with E-state index in [4.69, 9.17) is 22.0 Å². The van der Waals surface area contributed by atoms with Crippen LogP contribution in [-0.2, 0) is 35.9 Å². The Kier molecular flexibility index (Phi) is 7.02. The molecule has 3 aliphatic carbocycles. The van der Waals surface area contributed by atoms with E-state index in [2.05, 4.69) is 5.16 Å². The van der Waals surface area contributed by atoms with E-state index >= 15 is 0 Å². The van der Waals surface area contributed by atoms with Gasteiger partial charge < -0.3 is 27.1 Å². The molecule has 4 rings (SSSR count). The molecule has 2 saturated carbocycles. The van der Waals surface area contributed by atoms with Crippen LogP contribution in [0.4, 0.5) is 0 Å². The summed E-state index contributed by atoms with van der Waals surface area (Å²) >= 11 is 0. The highest BCUT2D eigenvalue weighted by Crippen LogP contribution is 2.57. The van der Waals surface area contributed by atoms with E-state index in [1.165, 1.54) is 26.1 Å². The fraction of sp³-hybridized carbons (Fsp3) is 0.552. The molecule has 0 aromatic heterocycles. The van der Waals surface area contributed by atoms with Gasteiger partial charge in [0, 0.05) is 16.7 Å². The van der Waals surface area contributed by atoms with Crippen LogP contribution in [-0.4, -0.2) is 83.1 Å². The summed E-state index contributed by atoms with van der Waals surface area (Å²) in [6, 6.07) is 1.91. The van der Waals surface area contributed by atoms with Crippen molar-refractivity contribution in [2.75, 3.05) is 21.2 Å². The van der Waals surface area contributed by atoms with Gasteiger partial charge >= 0.3 is 0 Å². The molecule has 7 N–H and O–H groups in total. The summed E-state index contributed by atoms with van der Waals surface area (Å²) in [5, 5.41) is 26.0. The van der Waals surface area contributed by atoms with Crippen molar-refractivity contribution in [1.82, 2.24) is 4.90 Å². The molecule has 1 aromatic rings. The van der Waals surface area contributed by atoms with Gasteiger partial charge in [0.2, 0.25) is 5.91 Å². The van der Waals surface area contributed by atoms with E-state index in [0.717, 1.165) is 0 Å². The summed E-state index contributed by atoms with van der Waals surface area (Å²) in [5.74, 6) is -10.1. The number of ketones is 4. The monoisotopic (exact) mass is 580 g/mol. The molecule has 2 fully saturated rings. The van der Waals surface area contributed by atoms with Gasteiger partial charge in [-0.25, -0.2) is 0 Å². The van der Waals surface area contributed by atoms with Crippen molar-refractivity contribution in [3.8, 4) is 11.8 Å². The van der Waals surface area contributed by atoms with Crippen molar-refractivity contribution in [3.63, 3.8) is 0 Å². The number of Topliss-reactive ketones (excluding diaryl/α,β-unsaturated/α-hetero) is 4. The van der Waals surface area contributed by atoms with Gasteiger partial charge in [-0.3, -0.25) is 28.9 Å². The lowest BCUT2D eigenvalue weighted by Crippen LogP contribution is -2.85. The number of carbonyl (C=O) groups excluding carboxylic acids is 5. The zero-order valence-corrected chi connectivity index (χ0v) is 24.7. The lowest BCUT2D eigenvalue weighted by Gasteiger charge is -2.60. The molecule has 1 aromatic carbocycles. The van der Waals surface area contributed by atoms with Crippen molar-refractivity contribution in [1.29, 1.82) is 5.26 Å². The maximum atomic E-state index is 14.5. The number of hydrogen-bond acceptors (Lipinski definition) is 12. The fourth-order valence-electron chi connectivity index (χ4n) is 7.36. The second-order valence-electron chi connectivity index (χ2n) is 12.9. The van der Waals surface area contributed by atoms with Gasteiger partial charge in [0.15, 0.2) is 34.5 Å². The number of oxime groups is 1. The zero-order chi connectivity index (χ0) is 31.9. The number of fused-ring (bicyclic) bond motifs is 3. The summed E-state index contributed by atoms with van der Waals surface area (Å²) in [7, 11) is 4.25. The number of phenols is 1. The highest BCUT2D eigenvalue weighted by Gasteiger charge is 2.78. The Labute approximate surface area is 243 Å². The number of nitriles is 1. The smallest absolute Gasteiger partial charge is 0.235 e. The first-order chi connectivity index (χ1) is 19.3. The normalized spacial score (nSPS) is 33.1. The number of carbonyl (C=O) groups is 5. The van der Waals surface area contributed by atoms with Gasteiger partial charge in [-0.15, -0.1) is 0 Å². The lowest BCUT2D eigenvalue weighted by molar-refractivity contribution is -0.166. The van der Waals surface area contributed by atoms with E-state index in [1.807, 2.05) is 20.8 Å². The topological polar surface area (TPSA) is 232 Å². The Balaban J connectivity index is 2.09. The maximum Gasteiger partial charge on any atom is 0.235 e. The third-order valence-electron chi connectivity index (χ3n) is 9.02. The molecular weight excluding hydrogens is 544 g/mol. The molecule has 0 heterocycles. The fourth-order valence-corrected chi connectivity index (χ4v) is 7.36. The van der Waals surface area contributed by atoms with Gasteiger partial charge in [-0.2, -0.15) is 5.26 Å². The third-order valence-corrected chi connectivity index (χ3v) is 9.02.